The summed E-state index contributed by atoms with van der Waals surface area (Å²) in [4.78, 5) is 64.2. The number of anilines is 2. The zero-order valence-electron chi connectivity index (χ0n) is 24.1. The Hall–Kier alpha value is -6.01. The van der Waals surface area contributed by atoms with Crippen molar-refractivity contribution < 1.29 is 49.2 Å². The van der Waals surface area contributed by atoms with Crippen LogP contribution in [-0.2, 0) is 17.9 Å². The van der Waals surface area contributed by atoms with E-state index in [9.17, 15) is 44.4 Å². The first-order chi connectivity index (χ1) is 21.3. The molecule has 0 aromatic heterocycles. The third kappa shape index (κ3) is 7.69. The van der Waals surface area contributed by atoms with Crippen molar-refractivity contribution >= 4 is 41.2 Å². The van der Waals surface area contributed by atoms with E-state index in [0.717, 1.165) is 34.9 Å². The van der Waals surface area contributed by atoms with Crippen LogP contribution in [0.15, 0.2) is 72.8 Å². The minimum absolute atomic E-state index is 0.0547. The lowest BCUT2D eigenvalue weighted by Crippen LogP contribution is -2.17. The van der Waals surface area contributed by atoms with Crippen molar-refractivity contribution in [2.75, 3.05) is 10.8 Å². The molecule has 0 bridgehead atoms. The molecule has 1 amide bonds. The van der Waals surface area contributed by atoms with Crippen LogP contribution in [0.5, 0.6) is 0 Å². The van der Waals surface area contributed by atoms with Crippen molar-refractivity contribution in [3.63, 3.8) is 0 Å². The number of rotatable bonds is 12. The molecule has 0 aliphatic heterocycles. The molecule has 0 spiro atoms. The molecule has 0 aliphatic carbocycles. The molecule has 0 aliphatic rings. The molecule has 0 unspecified atom stereocenters. The molecule has 12 heteroatoms. The van der Waals surface area contributed by atoms with Crippen LogP contribution < -0.4 is 10.8 Å². The second-order valence-corrected chi connectivity index (χ2v) is 10.2. The number of hydrogen-bond acceptors (Lipinski definition) is 7. The van der Waals surface area contributed by atoms with Crippen LogP contribution >= 0.6 is 0 Å². The maximum atomic E-state index is 13.0. The number of aromatic carboxylic acids is 4. The maximum Gasteiger partial charge on any atom is 0.337 e. The zero-order valence-corrected chi connectivity index (χ0v) is 24.1. The average molecular weight is 613 g/mol. The van der Waals surface area contributed by atoms with E-state index in [-0.39, 0.29) is 40.1 Å². The predicted molar refractivity (Wildman–Crippen MR) is 162 cm³/mol. The molecule has 4 aromatic carbocycles. The predicted octanol–water partition coefficient (Wildman–Crippen LogP) is 5.48. The quantitative estimate of drug-likeness (QED) is 0.111. The van der Waals surface area contributed by atoms with Gasteiger partial charge in [0, 0.05) is 5.56 Å². The minimum Gasteiger partial charge on any atom is -0.478 e. The van der Waals surface area contributed by atoms with Crippen LogP contribution in [0.3, 0.4) is 0 Å². The van der Waals surface area contributed by atoms with Gasteiger partial charge in [-0.25, -0.2) is 19.2 Å². The molecule has 230 valence electrons. The molecule has 6 N–H and O–H groups in total. The Morgan fingerprint density at radius 1 is 0.600 bits per heavy atom. The Bertz CT molecular complexity index is 1850. The van der Waals surface area contributed by atoms with Crippen molar-refractivity contribution in [3.8, 4) is 0 Å². The highest BCUT2D eigenvalue weighted by atomic mass is 16.6. The maximum absolute atomic E-state index is 13.0. The van der Waals surface area contributed by atoms with Gasteiger partial charge in [-0.2, -0.15) is 0 Å². The molecule has 4 rings (SSSR count). The lowest BCUT2D eigenvalue weighted by Gasteiger charge is -2.14. The van der Waals surface area contributed by atoms with Crippen LogP contribution in [0, 0.1) is 13.8 Å². The number of benzene rings is 4. The van der Waals surface area contributed by atoms with Crippen molar-refractivity contribution in [1.82, 2.24) is 0 Å². The first kappa shape index (κ1) is 31.9. The summed E-state index contributed by atoms with van der Waals surface area (Å²) in [6.07, 6.45) is 0.526. The summed E-state index contributed by atoms with van der Waals surface area (Å²) in [6, 6.07) is 17.9. The lowest BCUT2D eigenvalue weighted by atomic mass is 9.98. The smallest absolute Gasteiger partial charge is 0.337 e. The summed E-state index contributed by atoms with van der Waals surface area (Å²) in [6.45, 7) is 3.40. The molecule has 0 fully saturated rings. The minimum atomic E-state index is -1.31. The molecular formula is C33H28N2O10. The van der Waals surface area contributed by atoms with Gasteiger partial charge in [0.1, 0.15) is 6.61 Å². The zero-order chi connectivity index (χ0) is 32.8. The summed E-state index contributed by atoms with van der Waals surface area (Å²) >= 11 is 0. The van der Waals surface area contributed by atoms with Crippen molar-refractivity contribution in [2.45, 2.75) is 26.9 Å². The van der Waals surface area contributed by atoms with Gasteiger partial charge in [-0.1, -0.05) is 24.3 Å². The van der Waals surface area contributed by atoms with Gasteiger partial charge in [0.05, 0.1) is 33.6 Å². The largest absolute Gasteiger partial charge is 0.478 e. The van der Waals surface area contributed by atoms with E-state index in [1.165, 1.54) is 18.2 Å². The van der Waals surface area contributed by atoms with Crippen molar-refractivity contribution in [2.24, 2.45) is 0 Å². The van der Waals surface area contributed by atoms with E-state index in [2.05, 4.69) is 10.8 Å². The highest BCUT2D eigenvalue weighted by molar-refractivity contribution is 6.09. The van der Waals surface area contributed by atoms with Gasteiger partial charge in [-0.3, -0.25) is 15.1 Å². The Balaban J connectivity index is 1.42. The summed E-state index contributed by atoms with van der Waals surface area (Å²) in [5.74, 6) is -5.53. The summed E-state index contributed by atoms with van der Waals surface area (Å²) in [5.41, 5.74) is 6.58. The van der Waals surface area contributed by atoms with Gasteiger partial charge in [0.25, 0.3) is 5.91 Å². The number of carboxylic acid groups (broad SMARTS) is 4. The number of hydrogen-bond donors (Lipinski definition) is 6. The Morgan fingerprint density at radius 3 is 1.73 bits per heavy atom. The van der Waals surface area contributed by atoms with Crippen LogP contribution in [-0.4, -0.2) is 50.2 Å². The average Bonchev–Trinajstić information content (AvgIpc) is 2.97. The standard InChI is InChI=1S/C33H28N2O10/c1-17-11-19(3-7-24(17)29(36)34-28-15-22(31(39)40)6-9-26(28)33(43)44)13-20-4-10-27(18(2)12-20)35-45-16-23-14-21(30(37)38)5-8-25(23)32(41)42/h3-12,14-15,35H,13,16H2,1-2H3,(H,34,36)(H,37,38)(H,39,40)(H,41,42)(H,43,44). The topological polar surface area (TPSA) is 200 Å². The SMILES string of the molecule is Cc1cc(Cc2ccc(C(=O)Nc3cc(C(=O)O)ccc3C(=O)O)c(C)c2)ccc1NOCc1cc(C(=O)O)ccc1C(=O)O. The number of carboxylic acids is 4. The first-order valence-electron chi connectivity index (χ1n) is 13.4. The van der Waals surface area contributed by atoms with Crippen LogP contribution in [0.1, 0.15) is 79.6 Å². The van der Waals surface area contributed by atoms with Gasteiger partial charge in [0.2, 0.25) is 0 Å². The number of nitrogens with one attached hydrogen (secondary N) is 2. The van der Waals surface area contributed by atoms with Crippen LogP contribution in [0.4, 0.5) is 11.4 Å². The van der Waals surface area contributed by atoms with Gasteiger partial charge >= 0.3 is 23.9 Å². The van der Waals surface area contributed by atoms with E-state index >= 15 is 0 Å². The van der Waals surface area contributed by atoms with Gasteiger partial charge in [-0.05, 0) is 96.6 Å². The molecular weight excluding hydrogens is 584 g/mol. The monoisotopic (exact) mass is 612 g/mol. The normalized spacial score (nSPS) is 10.6. The number of carbonyl (C=O) groups is 5. The van der Waals surface area contributed by atoms with E-state index < -0.39 is 29.8 Å². The third-order valence-electron chi connectivity index (χ3n) is 6.97. The lowest BCUT2D eigenvalue weighted by molar-refractivity contribution is 0.0677. The van der Waals surface area contributed by atoms with E-state index in [1.807, 2.05) is 25.1 Å². The Kier molecular flexibility index (Phi) is 9.59. The molecule has 0 saturated heterocycles. The second kappa shape index (κ2) is 13.5. The molecule has 45 heavy (non-hydrogen) atoms. The van der Waals surface area contributed by atoms with E-state index in [0.29, 0.717) is 23.2 Å². The van der Waals surface area contributed by atoms with Gasteiger partial charge in [-0.15, -0.1) is 0 Å². The highest BCUT2D eigenvalue weighted by Crippen LogP contribution is 2.23. The highest BCUT2D eigenvalue weighted by Gasteiger charge is 2.18. The molecule has 0 atom stereocenters. The molecule has 0 heterocycles. The molecule has 0 radical (unpaired) electrons. The summed E-state index contributed by atoms with van der Waals surface area (Å²) in [5, 5.41) is 39.8. The van der Waals surface area contributed by atoms with Gasteiger partial charge < -0.3 is 25.7 Å². The number of carbonyl (C=O) groups excluding carboxylic acids is 1. The Morgan fingerprint density at radius 2 is 1.16 bits per heavy atom. The van der Waals surface area contributed by atoms with Crippen molar-refractivity contribution in [3.05, 3.63) is 128 Å². The Labute approximate surface area is 256 Å². The fourth-order valence-electron chi connectivity index (χ4n) is 4.68. The molecule has 12 nitrogen and oxygen atoms in total. The third-order valence-corrected chi connectivity index (χ3v) is 6.97. The molecule has 4 aromatic rings. The van der Waals surface area contributed by atoms with Crippen molar-refractivity contribution in [1.29, 1.82) is 0 Å². The number of amides is 1. The number of aryl methyl sites for hydroxylation is 2. The fourth-order valence-corrected chi connectivity index (χ4v) is 4.68. The summed E-state index contributed by atoms with van der Waals surface area (Å²) in [7, 11) is 0. The second-order valence-electron chi connectivity index (χ2n) is 10.2. The fraction of sp³-hybridized carbons (Fsp3) is 0.121. The van der Waals surface area contributed by atoms with Crippen LogP contribution in [0.2, 0.25) is 0 Å². The first-order valence-corrected chi connectivity index (χ1v) is 13.4. The van der Waals surface area contributed by atoms with Gasteiger partial charge in [0.15, 0.2) is 0 Å². The van der Waals surface area contributed by atoms with Crippen LogP contribution in [0.25, 0.3) is 0 Å². The van der Waals surface area contributed by atoms with E-state index in [4.69, 9.17) is 4.84 Å². The summed E-state index contributed by atoms with van der Waals surface area (Å²) < 4.78 is 0. The van der Waals surface area contributed by atoms with E-state index in [1.54, 1.807) is 25.1 Å². The molecule has 0 saturated carbocycles.